The Morgan fingerprint density at radius 2 is 1.25 bits per heavy atom. The Morgan fingerprint density at radius 1 is 1.00 bits per heavy atom. The number of hydrogen-bond acceptors (Lipinski definition) is 3. The molecule has 0 radical (unpaired) electrons. The fraction of sp³-hybridized carbons (Fsp3) is 0.818. The first-order valence-electron chi connectivity index (χ1n) is 5.90. The molecule has 2 amide bonds. The molecule has 0 heterocycles. The van der Waals surface area contributed by atoms with Gasteiger partial charge in [-0.15, -0.1) is 11.6 Å². The molecule has 0 saturated heterocycles. The Bertz CT molecular complexity index is 199. The van der Waals surface area contributed by atoms with E-state index < -0.39 is 8.25 Å². The summed E-state index contributed by atoms with van der Waals surface area (Å²) in [6.45, 7) is 2.17. The number of carbonyl (C=O) groups is 2. The minimum Gasteiger partial charge on any atom is -0.351 e. The monoisotopic (exact) mass is 334 g/mol. The number of alkyl halides is 1. The zero-order chi connectivity index (χ0) is 17.0. The molecule has 0 aliphatic rings. The number of unbranched alkanes of at least 4 members (excludes halogenated alkanes) is 2. The molecule has 0 spiro atoms. The summed E-state index contributed by atoms with van der Waals surface area (Å²) in [6, 6.07) is 0. The first-order chi connectivity index (χ1) is 9.19. The van der Waals surface area contributed by atoms with E-state index in [2.05, 4.69) is 6.92 Å². The minimum absolute atomic E-state index is 0.750. The van der Waals surface area contributed by atoms with Crippen LogP contribution in [0.4, 0.5) is 0 Å². The van der Waals surface area contributed by atoms with Crippen LogP contribution in [0.3, 0.4) is 0 Å². The Kier molecular flexibility index (Phi) is 37.2. The highest BCUT2D eigenvalue weighted by Gasteiger charge is 1.76. The lowest BCUT2D eigenvalue weighted by Gasteiger charge is -1.93. The first kappa shape index (κ1) is 27.7. The van der Waals surface area contributed by atoms with Crippen molar-refractivity contribution >= 4 is 32.7 Å². The molecule has 2 N–H and O–H groups in total. The molecule has 0 aromatic rings. The van der Waals surface area contributed by atoms with Crippen molar-refractivity contribution in [3.63, 3.8) is 0 Å². The maximum absolute atomic E-state index is 9.43. The van der Waals surface area contributed by atoms with E-state index in [4.69, 9.17) is 26.0 Å². The maximum Gasteiger partial charge on any atom is 0.314 e. The summed E-state index contributed by atoms with van der Waals surface area (Å²) in [6.07, 6.45) is 5.23. The van der Waals surface area contributed by atoms with Crippen LogP contribution in [-0.2, 0) is 14.2 Å². The molecule has 0 aliphatic heterocycles. The van der Waals surface area contributed by atoms with E-state index in [0.717, 1.165) is 18.7 Å². The van der Waals surface area contributed by atoms with Crippen molar-refractivity contribution in [3.8, 4) is 0 Å². The summed E-state index contributed by atoms with van der Waals surface area (Å²) in [5.41, 5.74) is 0. The van der Waals surface area contributed by atoms with Gasteiger partial charge in [0.1, 0.15) is 0 Å². The van der Waals surface area contributed by atoms with Crippen LogP contribution in [0.15, 0.2) is 0 Å². The van der Waals surface area contributed by atoms with Gasteiger partial charge in [0.2, 0.25) is 12.8 Å². The molecular weight excluding hydrogens is 307 g/mol. The normalized spacial score (nSPS) is 7.85. The van der Waals surface area contributed by atoms with E-state index in [1.165, 1.54) is 29.1 Å². The van der Waals surface area contributed by atoms with Gasteiger partial charge in [0, 0.05) is 34.1 Å². The van der Waals surface area contributed by atoms with Crippen LogP contribution in [0.25, 0.3) is 0 Å². The molecule has 0 fully saturated rings. The summed E-state index contributed by atoms with van der Waals surface area (Å²) in [7, 11) is 3.62. The highest BCUT2D eigenvalue weighted by Crippen LogP contribution is 1.98. The predicted octanol–water partition coefficient (Wildman–Crippen LogP) is 1.18. The lowest BCUT2D eigenvalue weighted by atomic mass is 10.3. The van der Waals surface area contributed by atoms with Crippen molar-refractivity contribution in [1.29, 1.82) is 0 Å². The van der Waals surface area contributed by atoms with Gasteiger partial charge in [-0.25, -0.2) is 0 Å². The highest BCUT2D eigenvalue weighted by atomic mass is 35.5. The van der Waals surface area contributed by atoms with Crippen LogP contribution in [-0.4, -0.2) is 66.5 Å². The smallest absolute Gasteiger partial charge is 0.314 e. The van der Waals surface area contributed by atoms with Gasteiger partial charge in [0.25, 0.3) is 0 Å². The number of nitrogens with zero attached hydrogens (tertiary/aromatic N) is 2. The summed E-state index contributed by atoms with van der Waals surface area (Å²) >= 11 is 5.38. The van der Waals surface area contributed by atoms with Gasteiger partial charge in [-0.1, -0.05) is 19.8 Å². The summed E-state index contributed by atoms with van der Waals surface area (Å²) in [5.74, 6) is 0.827. The zero-order valence-electron chi connectivity index (χ0n) is 12.9. The molecule has 0 aromatic heterocycles. The van der Waals surface area contributed by atoms with Gasteiger partial charge in [-0.2, -0.15) is 0 Å². The largest absolute Gasteiger partial charge is 0.351 e. The molecule has 124 valence electrons. The summed E-state index contributed by atoms with van der Waals surface area (Å²) in [4.78, 5) is 36.1. The number of carbonyl (C=O) groups excluding carboxylic acids is 2. The summed E-state index contributed by atoms with van der Waals surface area (Å²) in [5, 5.41) is 0. The molecule has 0 saturated carbocycles. The van der Waals surface area contributed by atoms with Crippen LogP contribution >= 0.6 is 19.9 Å². The predicted molar refractivity (Wildman–Crippen MR) is 83.2 cm³/mol. The topological polar surface area (TPSA) is 98.2 Å². The fourth-order valence-corrected chi connectivity index (χ4v) is 0.533. The van der Waals surface area contributed by atoms with E-state index >= 15 is 0 Å². The van der Waals surface area contributed by atoms with Crippen molar-refractivity contribution < 1.29 is 23.9 Å². The minimum atomic E-state index is -3.13. The van der Waals surface area contributed by atoms with Crippen LogP contribution in [0, 0.1) is 0 Å². The Labute approximate surface area is 127 Å². The summed E-state index contributed by atoms with van der Waals surface area (Å²) < 4.78 is 8.74. The third-order valence-electron chi connectivity index (χ3n) is 1.16. The maximum atomic E-state index is 9.43. The molecule has 0 rings (SSSR count). The van der Waals surface area contributed by atoms with Gasteiger partial charge < -0.3 is 19.6 Å². The number of hydrogen-bond donors (Lipinski definition) is 2. The highest BCUT2D eigenvalue weighted by molar-refractivity contribution is 7.30. The second-order valence-electron chi connectivity index (χ2n) is 3.82. The second kappa shape index (κ2) is 26.8. The van der Waals surface area contributed by atoms with Gasteiger partial charge in [0.05, 0.1) is 0 Å². The van der Waals surface area contributed by atoms with Crippen molar-refractivity contribution in [1.82, 2.24) is 9.80 Å². The van der Waals surface area contributed by atoms with Crippen LogP contribution < -0.4 is 0 Å². The first-order valence-corrected chi connectivity index (χ1v) is 7.74. The number of halogens is 1. The second-order valence-corrected chi connectivity index (χ2v) is 4.76. The fourth-order valence-electron chi connectivity index (χ4n) is 0.344. The molecule has 0 unspecified atom stereocenters. The molecular formula is C11H28ClN2O5P. The standard InChI is InChI=1S/C5H11Cl.2C3H7NO.H3O3P/c1-2-3-4-5-6;2*1-4(2)3-5;1-4(2)3/h2-5H2,1H3;2*3H,1-2H3;4H,(H2,1,2,3). The van der Waals surface area contributed by atoms with E-state index in [1.807, 2.05) is 0 Å². The van der Waals surface area contributed by atoms with Gasteiger partial charge >= 0.3 is 8.25 Å². The molecule has 7 nitrogen and oxygen atoms in total. The van der Waals surface area contributed by atoms with Crippen LogP contribution in [0.1, 0.15) is 26.2 Å². The lowest BCUT2D eigenvalue weighted by Crippen LogP contribution is -2.06. The van der Waals surface area contributed by atoms with Gasteiger partial charge in [-0.05, 0) is 6.42 Å². The van der Waals surface area contributed by atoms with Crippen LogP contribution in [0.2, 0.25) is 0 Å². The average Bonchev–Trinajstić information content (AvgIpc) is 2.37. The average molecular weight is 335 g/mol. The van der Waals surface area contributed by atoms with Crippen molar-refractivity contribution in [3.05, 3.63) is 0 Å². The van der Waals surface area contributed by atoms with Gasteiger partial charge in [0.15, 0.2) is 0 Å². The Morgan fingerprint density at radius 3 is 1.30 bits per heavy atom. The van der Waals surface area contributed by atoms with Crippen molar-refractivity contribution in [2.24, 2.45) is 0 Å². The third-order valence-corrected chi connectivity index (χ3v) is 1.43. The molecule has 20 heavy (non-hydrogen) atoms. The Balaban J connectivity index is -0.0000000862. The lowest BCUT2D eigenvalue weighted by molar-refractivity contribution is -0.116. The van der Waals surface area contributed by atoms with E-state index in [9.17, 15) is 9.59 Å². The molecule has 9 heteroatoms. The van der Waals surface area contributed by atoms with E-state index in [-0.39, 0.29) is 0 Å². The Hall–Kier alpha value is -0.620. The molecule has 0 bridgehead atoms. The van der Waals surface area contributed by atoms with Gasteiger partial charge in [-0.3, -0.25) is 14.2 Å². The van der Waals surface area contributed by atoms with Crippen molar-refractivity contribution in [2.45, 2.75) is 26.2 Å². The van der Waals surface area contributed by atoms with E-state index in [0.29, 0.717) is 0 Å². The van der Waals surface area contributed by atoms with E-state index in [1.54, 1.807) is 28.2 Å². The zero-order valence-corrected chi connectivity index (χ0v) is 14.6. The molecule has 0 aliphatic carbocycles. The van der Waals surface area contributed by atoms with Crippen LogP contribution in [0.5, 0.6) is 0 Å². The number of amides is 2. The number of rotatable bonds is 5. The molecule has 0 atom stereocenters. The quantitative estimate of drug-likeness (QED) is 0.340. The SMILES string of the molecule is CCCCCCl.CN(C)C=O.CN(C)C=O.O=[PH](O)O. The molecule has 0 aromatic carbocycles. The van der Waals surface area contributed by atoms with Crippen molar-refractivity contribution in [2.75, 3.05) is 34.1 Å². The third kappa shape index (κ3) is 115.